The fourth-order valence-corrected chi connectivity index (χ4v) is 8.82. The van der Waals surface area contributed by atoms with E-state index in [4.69, 9.17) is 0 Å². The molecule has 5 fully saturated rings. The SMILES string of the molecule is C1CCC(CC2CCCCC2)CC1.CC.CC.CCC.CCC1(C)CCCC(C)(C)C1.CCC1CC2CCC1C2. The fraction of sp³-hybridized carbons (Fsp3) is 1.00. The van der Waals surface area contributed by atoms with Crippen LogP contribution in [0.3, 0.4) is 0 Å². The van der Waals surface area contributed by atoms with Crippen LogP contribution in [-0.2, 0) is 0 Å². The lowest BCUT2D eigenvalue weighted by Crippen LogP contribution is -2.30. The summed E-state index contributed by atoms with van der Waals surface area (Å²) in [4.78, 5) is 0. The Morgan fingerprint density at radius 1 is 0.575 bits per heavy atom. The van der Waals surface area contributed by atoms with Gasteiger partial charge in [0.1, 0.15) is 0 Å². The quantitative estimate of drug-likeness (QED) is 0.319. The highest BCUT2D eigenvalue weighted by atomic mass is 14.4. The molecule has 0 nitrogen and oxygen atoms in total. The van der Waals surface area contributed by atoms with E-state index in [0.29, 0.717) is 10.8 Å². The number of hydrogen-bond donors (Lipinski definition) is 0. The van der Waals surface area contributed by atoms with Crippen molar-refractivity contribution in [3.05, 3.63) is 0 Å². The maximum atomic E-state index is 2.45. The number of fused-ring (bicyclic) bond motifs is 2. The van der Waals surface area contributed by atoms with Gasteiger partial charge in [-0.3, -0.25) is 0 Å². The molecular weight excluding hydrogens is 480 g/mol. The van der Waals surface area contributed by atoms with Crippen LogP contribution in [0.25, 0.3) is 0 Å². The first-order valence-electron chi connectivity index (χ1n) is 19.2. The second-order valence-electron chi connectivity index (χ2n) is 15.2. The summed E-state index contributed by atoms with van der Waals surface area (Å²) in [5.41, 5.74) is 1.27. The molecule has 40 heavy (non-hydrogen) atoms. The van der Waals surface area contributed by atoms with Gasteiger partial charge in [-0.15, -0.1) is 0 Å². The van der Waals surface area contributed by atoms with Gasteiger partial charge in [0, 0.05) is 0 Å². The van der Waals surface area contributed by atoms with Gasteiger partial charge in [0.15, 0.2) is 0 Å². The Morgan fingerprint density at radius 3 is 1.38 bits per heavy atom. The van der Waals surface area contributed by atoms with Gasteiger partial charge in [0.2, 0.25) is 0 Å². The van der Waals surface area contributed by atoms with Crippen LogP contribution in [0, 0.1) is 40.4 Å². The average molecular weight is 563 g/mol. The molecule has 4 atom stereocenters. The molecule has 5 saturated carbocycles. The van der Waals surface area contributed by atoms with Crippen LogP contribution in [0.15, 0.2) is 0 Å². The zero-order chi connectivity index (χ0) is 30.4. The van der Waals surface area contributed by atoms with Gasteiger partial charge in [0.25, 0.3) is 0 Å². The third-order valence-corrected chi connectivity index (χ3v) is 10.9. The maximum absolute atomic E-state index is 2.45. The van der Waals surface area contributed by atoms with E-state index in [9.17, 15) is 0 Å². The highest BCUT2D eigenvalue weighted by Gasteiger charge is 2.38. The van der Waals surface area contributed by atoms with Crippen molar-refractivity contribution in [1.29, 1.82) is 0 Å². The Balaban J connectivity index is 0.000000518. The summed E-state index contributed by atoms with van der Waals surface area (Å²) < 4.78 is 0. The molecule has 0 aromatic rings. The molecule has 0 heterocycles. The molecule has 0 N–H and O–H groups in total. The van der Waals surface area contributed by atoms with E-state index in [1.54, 1.807) is 57.8 Å². The van der Waals surface area contributed by atoms with Crippen molar-refractivity contribution >= 4 is 0 Å². The second kappa shape index (κ2) is 23.5. The first-order chi connectivity index (χ1) is 19.2. The predicted octanol–water partition coefficient (Wildman–Crippen LogP) is 14.8. The molecule has 5 aliphatic rings. The Bertz CT molecular complexity index is 518. The fourth-order valence-electron chi connectivity index (χ4n) is 8.82. The van der Waals surface area contributed by atoms with Gasteiger partial charge in [0.05, 0.1) is 0 Å². The van der Waals surface area contributed by atoms with Gasteiger partial charge in [-0.2, -0.15) is 0 Å². The van der Waals surface area contributed by atoms with Crippen molar-refractivity contribution in [2.24, 2.45) is 40.4 Å². The summed E-state index contributed by atoms with van der Waals surface area (Å²) in [5.74, 6) is 5.68. The van der Waals surface area contributed by atoms with E-state index in [2.05, 4.69) is 48.5 Å². The molecule has 0 spiro atoms. The van der Waals surface area contributed by atoms with Crippen molar-refractivity contribution in [2.75, 3.05) is 0 Å². The molecule has 5 aliphatic carbocycles. The predicted molar refractivity (Wildman–Crippen MR) is 186 cm³/mol. The summed E-state index contributed by atoms with van der Waals surface area (Å²) in [5, 5.41) is 0. The molecule has 0 radical (unpaired) electrons. The highest BCUT2D eigenvalue weighted by molar-refractivity contribution is 4.89. The van der Waals surface area contributed by atoms with Gasteiger partial charge in [-0.1, -0.05) is 172 Å². The van der Waals surface area contributed by atoms with Crippen molar-refractivity contribution in [3.63, 3.8) is 0 Å². The van der Waals surface area contributed by atoms with Crippen LogP contribution in [0.1, 0.15) is 217 Å². The molecule has 0 aliphatic heterocycles. The molecule has 0 aromatic heterocycles. The van der Waals surface area contributed by atoms with E-state index >= 15 is 0 Å². The van der Waals surface area contributed by atoms with Crippen molar-refractivity contribution in [1.82, 2.24) is 0 Å². The van der Waals surface area contributed by atoms with E-state index in [1.165, 1.54) is 83.5 Å². The molecule has 0 aromatic carbocycles. The third-order valence-electron chi connectivity index (χ3n) is 10.9. The van der Waals surface area contributed by atoms with E-state index in [0.717, 1.165) is 29.6 Å². The molecule has 0 saturated heterocycles. The summed E-state index contributed by atoms with van der Waals surface area (Å²) >= 11 is 0. The van der Waals surface area contributed by atoms with Gasteiger partial charge in [-0.05, 0) is 85.4 Å². The van der Waals surface area contributed by atoms with E-state index < -0.39 is 0 Å². The largest absolute Gasteiger partial charge is 0.0683 e. The molecule has 5 rings (SSSR count). The molecule has 0 amide bonds. The van der Waals surface area contributed by atoms with Crippen LogP contribution in [0.2, 0.25) is 0 Å². The van der Waals surface area contributed by atoms with Crippen LogP contribution in [0.5, 0.6) is 0 Å². The lowest BCUT2D eigenvalue weighted by atomic mass is 9.63. The monoisotopic (exact) mass is 563 g/mol. The topological polar surface area (TPSA) is 0 Å². The number of rotatable bonds is 4. The normalized spacial score (nSPS) is 30.8. The van der Waals surface area contributed by atoms with Crippen LogP contribution >= 0.6 is 0 Å². The average Bonchev–Trinajstić information content (AvgIpc) is 3.61. The molecular formula is C40H82. The molecule has 0 heteroatoms. The Labute approximate surface area is 257 Å². The summed E-state index contributed by atoms with van der Waals surface area (Å²) in [6.45, 7) is 24.2. The Hall–Kier alpha value is 0. The third kappa shape index (κ3) is 16.6. The molecule has 242 valence electrons. The van der Waals surface area contributed by atoms with Crippen LogP contribution < -0.4 is 0 Å². The van der Waals surface area contributed by atoms with E-state index in [-0.39, 0.29) is 0 Å². The smallest absolute Gasteiger partial charge is 0.0323 e. The molecule has 4 unspecified atom stereocenters. The van der Waals surface area contributed by atoms with Gasteiger partial charge in [-0.25, -0.2) is 0 Å². The molecule has 2 bridgehead atoms. The maximum Gasteiger partial charge on any atom is -0.0323 e. The van der Waals surface area contributed by atoms with Crippen LogP contribution in [-0.4, -0.2) is 0 Å². The minimum atomic E-state index is 0.614. The summed E-state index contributed by atoms with van der Waals surface area (Å²) in [6, 6.07) is 0. The standard InChI is InChI=1S/C13H24.C11H22.C9H16.C3H8.2C2H6/c1-3-7-12(8-4-1)11-13-9-5-2-6-10-13;1-5-11(4)8-6-7-10(2,3)9-11;1-2-8-5-7-3-4-9(8)6-7;1-3-2;2*1-2/h12-13H,1-11H2;5-9H2,1-4H3;7-9H,2-6H2,1H3;3H2,1-2H3;2*1-2H3. The second-order valence-corrected chi connectivity index (χ2v) is 15.2. The van der Waals surface area contributed by atoms with Crippen molar-refractivity contribution in [3.8, 4) is 0 Å². The minimum Gasteiger partial charge on any atom is -0.0683 e. The number of hydrogen-bond acceptors (Lipinski definition) is 0. The zero-order valence-corrected chi connectivity index (χ0v) is 30.4. The Morgan fingerprint density at radius 2 is 1.07 bits per heavy atom. The summed E-state index contributed by atoms with van der Waals surface area (Å²) in [7, 11) is 0. The minimum absolute atomic E-state index is 0.614. The first-order valence-corrected chi connectivity index (χ1v) is 19.2. The first kappa shape index (κ1) is 40.0. The lowest BCUT2D eigenvalue weighted by Gasteiger charge is -2.42. The van der Waals surface area contributed by atoms with E-state index in [1.807, 2.05) is 27.7 Å². The zero-order valence-electron chi connectivity index (χ0n) is 30.4. The Kier molecular flexibility index (Phi) is 23.5. The van der Waals surface area contributed by atoms with Crippen molar-refractivity contribution < 1.29 is 0 Å². The highest BCUT2D eigenvalue weighted by Crippen LogP contribution is 2.49. The van der Waals surface area contributed by atoms with Crippen molar-refractivity contribution in [2.45, 2.75) is 217 Å². The van der Waals surface area contributed by atoms with Gasteiger partial charge < -0.3 is 0 Å². The lowest BCUT2D eigenvalue weighted by molar-refractivity contribution is 0.0957. The van der Waals surface area contributed by atoms with Gasteiger partial charge >= 0.3 is 0 Å². The summed E-state index contributed by atoms with van der Waals surface area (Å²) in [6.07, 6.45) is 33.0. The van der Waals surface area contributed by atoms with Crippen LogP contribution in [0.4, 0.5) is 0 Å².